The number of nitrogens with zero attached hydrogens (tertiary/aromatic N) is 5. The van der Waals surface area contributed by atoms with Crippen molar-refractivity contribution in [2.75, 3.05) is 20.2 Å². The molecule has 3 heterocycles. The molecule has 0 radical (unpaired) electrons. The number of benzene rings is 3. The molecule has 1 aliphatic heterocycles. The summed E-state index contributed by atoms with van der Waals surface area (Å²) in [4.78, 5) is 0.231. The molecule has 8 nitrogen and oxygen atoms in total. The average Bonchev–Trinajstić information content (AvgIpc) is 3.80. The normalized spacial score (nSPS) is 23.9. The number of halogens is 1. The van der Waals surface area contributed by atoms with Crippen molar-refractivity contribution >= 4 is 20.9 Å². The molecule has 2 fully saturated rings. The minimum absolute atomic E-state index is 0.0198. The van der Waals surface area contributed by atoms with E-state index >= 15 is 0 Å². The Morgan fingerprint density at radius 1 is 1.05 bits per heavy atom. The van der Waals surface area contributed by atoms with Crippen molar-refractivity contribution in [2.24, 2.45) is 5.92 Å². The standard InChI is InChI=1S/C34H36FN5O3S/c1-4-14-38-21-30(19-36-38)44(41,42)39-20-27-17-34(43-3,26-8-6-5-7-9-26)22-33(27,23-39)31-16-25-18-37-40(32(25)15-24(31)2)29-12-10-28(35)11-13-29/h5-13,15-16,18-19,21,27H,4,14,17,20,22-23H2,1-3H3/t27-,33-,34-/m0/s1. The topological polar surface area (TPSA) is 82.3 Å². The first-order valence-corrected chi connectivity index (χ1v) is 16.5. The molecule has 1 saturated heterocycles. The van der Waals surface area contributed by atoms with Gasteiger partial charge in [-0.3, -0.25) is 4.68 Å². The van der Waals surface area contributed by atoms with Crippen molar-refractivity contribution in [2.45, 2.75) is 55.6 Å². The van der Waals surface area contributed by atoms with Crippen molar-refractivity contribution < 1.29 is 17.5 Å². The van der Waals surface area contributed by atoms with E-state index in [0.717, 1.165) is 39.7 Å². The van der Waals surface area contributed by atoms with E-state index in [1.165, 1.54) is 18.3 Å². The Hall–Kier alpha value is -3.86. The number of fused-ring (bicyclic) bond motifs is 2. The molecule has 0 unspecified atom stereocenters. The minimum Gasteiger partial charge on any atom is -0.373 e. The Kier molecular flexibility index (Phi) is 6.99. The molecule has 3 atom stereocenters. The van der Waals surface area contributed by atoms with E-state index in [4.69, 9.17) is 4.74 Å². The number of ether oxygens (including phenoxy) is 1. The van der Waals surface area contributed by atoms with Gasteiger partial charge in [-0.2, -0.15) is 14.5 Å². The summed E-state index contributed by atoms with van der Waals surface area (Å²) >= 11 is 0. The number of hydrogen-bond acceptors (Lipinski definition) is 5. The van der Waals surface area contributed by atoms with Gasteiger partial charge >= 0.3 is 0 Å². The molecule has 0 bridgehead atoms. The molecule has 2 aromatic heterocycles. The maximum absolute atomic E-state index is 14.0. The van der Waals surface area contributed by atoms with E-state index in [9.17, 15) is 12.8 Å². The lowest BCUT2D eigenvalue weighted by Gasteiger charge is -2.35. The second-order valence-corrected chi connectivity index (χ2v) is 14.2. The smallest absolute Gasteiger partial charge is 0.246 e. The van der Waals surface area contributed by atoms with Gasteiger partial charge in [-0.25, -0.2) is 17.5 Å². The van der Waals surface area contributed by atoms with Crippen LogP contribution >= 0.6 is 0 Å². The fourth-order valence-corrected chi connectivity index (χ4v) is 9.18. The Bertz CT molecular complexity index is 1940. The van der Waals surface area contributed by atoms with Gasteiger partial charge in [0.1, 0.15) is 10.7 Å². The molecule has 2 aliphatic rings. The molecule has 0 N–H and O–H groups in total. The van der Waals surface area contributed by atoms with Gasteiger partial charge < -0.3 is 4.74 Å². The van der Waals surface area contributed by atoms with E-state index in [-0.39, 0.29) is 16.6 Å². The van der Waals surface area contributed by atoms with Gasteiger partial charge in [-0.1, -0.05) is 37.3 Å². The summed E-state index contributed by atoms with van der Waals surface area (Å²) < 4.78 is 53.3. The third-order valence-corrected chi connectivity index (χ3v) is 11.5. The van der Waals surface area contributed by atoms with Gasteiger partial charge in [0.25, 0.3) is 0 Å². The number of sulfonamides is 1. The summed E-state index contributed by atoms with van der Waals surface area (Å²) in [6.45, 7) is 5.53. The second kappa shape index (κ2) is 10.6. The SMILES string of the molecule is CCCn1cc(S(=O)(=O)N2C[C@@H]3C[C@@](OC)(c4ccccc4)C[C@]3(c3cc4cnn(-c5ccc(F)cc5)c4cc3C)C2)cn1. The molecular formula is C34H36FN5O3S. The lowest BCUT2D eigenvalue weighted by molar-refractivity contribution is -0.0183. The van der Waals surface area contributed by atoms with E-state index in [0.29, 0.717) is 32.5 Å². The Morgan fingerprint density at radius 2 is 1.82 bits per heavy atom. The fourth-order valence-electron chi connectivity index (χ4n) is 7.67. The highest BCUT2D eigenvalue weighted by atomic mass is 32.2. The molecule has 5 aromatic rings. The Labute approximate surface area is 257 Å². The zero-order valence-corrected chi connectivity index (χ0v) is 26.0. The number of aryl methyl sites for hydroxylation is 2. The first-order chi connectivity index (χ1) is 21.2. The fraction of sp³-hybridized carbons (Fsp3) is 0.353. The largest absolute Gasteiger partial charge is 0.373 e. The molecule has 3 aromatic carbocycles. The van der Waals surface area contributed by atoms with Crippen molar-refractivity contribution in [3.8, 4) is 5.69 Å². The summed E-state index contributed by atoms with van der Waals surface area (Å²) in [7, 11) is -2.00. The van der Waals surface area contributed by atoms with Gasteiger partial charge in [0.2, 0.25) is 10.0 Å². The van der Waals surface area contributed by atoms with Gasteiger partial charge in [-0.05, 0) is 85.2 Å². The number of methoxy groups -OCH3 is 1. The van der Waals surface area contributed by atoms with Crippen LogP contribution in [-0.4, -0.2) is 52.5 Å². The van der Waals surface area contributed by atoms with E-state index in [2.05, 4.69) is 41.4 Å². The molecule has 1 aliphatic carbocycles. The molecular weight excluding hydrogens is 577 g/mol. The molecule has 228 valence electrons. The van der Waals surface area contributed by atoms with Crippen molar-refractivity contribution in [3.05, 3.63) is 108 Å². The van der Waals surface area contributed by atoms with Crippen molar-refractivity contribution in [3.63, 3.8) is 0 Å². The van der Waals surface area contributed by atoms with E-state index < -0.39 is 21.0 Å². The van der Waals surface area contributed by atoms with Crippen LogP contribution in [0.3, 0.4) is 0 Å². The van der Waals surface area contributed by atoms with Crippen LogP contribution in [0.2, 0.25) is 0 Å². The summed E-state index contributed by atoms with van der Waals surface area (Å²) in [5.41, 5.74) is 3.92. The molecule has 0 spiro atoms. The van der Waals surface area contributed by atoms with Crippen LogP contribution in [-0.2, 0) is 32.3 Å². The summed E-state index contributed by atoms with van der Waals surface area (Å²) in [5.74, 6) is -0.278. The lowest BCUT2D eigenvalue weighted by atomic mass is 9.72. The van der Waals surface area contributed by atoms with Crippen LogP contribution in [0.1, 0.15) is 42.9 Å². The van der Waals surface area contributed by atoms with Crippen LogP contribution in [0, 0.1) is 18.7 Å². The molecule has 1 saturated carbocycles. The maximum Gasteiger partial charge on any atom is 0.246 e. The van der Waals surface area contributed by atoms with Crippen LogP contribution < -0.4 is 0 Å². The minimum atomic E-state index is -3.76. The third-order valence-electron chi connectivity index (χ3n) is 9.75. The highest BCUT2D eigenvalue weighted by molar-refractivity contribution is 7.89. The van der Waals surface area contributed by atoms with Gasteiger partial charge in [0.05, 0.1) is 29.2 Å². The van der Waals surface area contributed by atoms with Gasteiger partial charge in [-0.15, -0.1) is 0 Å². The van der Waals surface area contributed by atoms with Crippen molar-refractivity contribution in [1.29, 1.82) is 0 Å². The van der Waals surface area contributed by atoms with Gasteiger partial charge in [0, 0.05) is 43.7 Å². The Morgan fingerprint density at radius 3 is 2.55 bits per heavy atom. The highest BCUT2D eigenvalue weighted by Crippen LogP contribution is 2.60. The maximum atomic E-state index is 14.0. The predicted molar refractivity (Wildman–Crippen MR) is 167 cm³/mol. The van der Waals surface area contributed by atoms with Crippen molar-refractivity contribution in [1.82, 2.24) is 23.9 Å². The van der Waals surface area contributed by atoms with E-state index in [1.54, 1.807) is 34.4 Å². The average molecular weight is 614 g/mol. The summed E-state index contributed by atoms with van der Waals surface area (Å²) in [5, 5.41) is 9.90. The first-order valence-electron chi connectivity index (χ1n) is 15.1. The summed E-state index contributed by atoms with van der Waals surface area (Å²) in [6, 6.07) is 20.9. The van der Waals surface area contributed by atoms with Crippen LogP contribution in [0.15, 0.2) is 90.2 Å². The Balaban J connectivity index is 1.34. The number of rotatable bonds is 8. The third kappa shape index (κ3) is 4.50. The monoisotopic (exact) mass is 613 g/mol. The first kappa shape index (κ1) is 28.9. The predicted octanol–water partition coefficient (Wildman–Crippen LogP) is 5.97. The second-order valence-electron chi connectivity index (χ2n) is 12.3. The molecule has 0 amide bonds. The lowest BCUT2D eigenvalue weighted by Crippen LogP contribution is -2.38. The van der Waals surface area contributed by atoms with Crippen LogP contribution in [0.4, 0.5) is 4.39 Å². The molecule has 7 rings (SSSR count). The zero-order chi connectivity index (χ0) is 30.7. The van der Waals surface area contributed by atoms with E-state index in [1.807, 2.05) is 36.0 Å². The van der Waals surface area contributed by atoms with Crippen LogP contribution in [0.25, 0.3) is 16.6 Å². The van der Waals surface area contributed by atoms with Crippen LogP contribution in [0.5, 0.6) is 0 Å². The zero-order valence-electron chi connectivity index (χ0n) is 25.1. The number of hydrogen-bond donors (Lipinski definition) is 0. The van der Waals surface area contributed by atoms with Gasteiger partial charge in [0.15, 0.2) is 0 Å². The molecule has 10 heteroatoms. The molecule has 44 heavy (non-hydrogen) atoms. The summed E-state index contributed by atoms with van der Waals surface area (Å²) in [6.07, 6.45) is 7.15. The number of aromatic nitrogens is 4. The quantitative estimate of drug-likeness (QED) is 0.215. The highest BCUT2D eigenvalue weighted by Gasteiger charge is 2.62.